The van der Waals surface area contributed by atoms with E-state index in [9.17, 15) is 18.0 Å². The van der Waals surface area contributed by atoms with Gasteiger partial charge in [0.15, 0.2) is 0 Å². The van der Waals surface area contributed by atoms with E-state index in [-0.39, 0.29) is 12.2 Å². The number of nitrogens with one attached hydrogen (secondary N) is 1. The summed E-state index contributed by atoms with van der Waals surface area (Å²) in [6.07, 6.45) is -1.72. The number of amides is 1. The second kappa shape index (κ2) is 9.44. The molecule has 0 bridgehead atoms. The lowest BCUT2D eigenvalue weighted by atomic mass is 10.1. The predicted molar refractivity (Wildman–Crippen MR) is 115 cm³/mol. The summed E-state index contributed by atoms with van der Waals surface area (Å²) in [7, 11) is 0. The summed E-state index contributed by atoms with van der Waals surface area (Å²) in [5, 5.41) is 3.42. The van der Waals surface area contributed by atoms with Crippen molar-refractivity contribution in [1.29, 1.82) is 0 Å². The SMILES string of the molecule is [2H]C1(Oc2cc(C(=O)N[C@H](C)c3cnc(C(F)(F)F)nc3)cc(-c3ncc(C)s3)c2)CCOC1. The van der Waals surface area contributed by atoms with Gasteiger partial charge in [-0.2, -0.15) is 13.2 Å². The number of carbonyl (C=O) groups excluding carboxylic acids is 1. The van der Waals surface area contributed by atoms with Crippen LogP contribution in [0.3, 0.4) is 0 Å². The third-order valence-electron chi connectivity index (χ3n) is 4.86. The molecule has 174 valence electrons. The van der Waals surface area contributed by atoms with Gasteiger partial charge >= 0.3 is 6.18 Å². The minimum Gasteiger partial charge on any atom is -0.488 e. The highest BCUT2D eigenvalue weighted by Gasteiger charge is 2.34. The molecule has 1 N–H and O–H groups in total. The van der Waals surface area contributed by atoms with Crippen LogP contribution in [-0.4, -0.2) is 40.2 Å². The molecule has 1 fully saturated rings. The molecule has 1 amide bonds. The highest BCUT2D eigenvalue weighted by Crippen LogP contribution is 2.31. The molecule has 2 aromatic heterocycles. The highest BCUT2D eigenvalue weighted by atomic mass is 32.1. The number of aromatic nitrogens is 3. The monoisotopic (exact) mass is 479 g/mol. The lowest BCUT2D eigenvalue weighted by Gasteiger charge is -2.17. The number of rotatable bonds is 6. The Labute approximate surface area is 193 Å². The van der Waals surface area contributed by atoms with E-state index in [0.29, 0.717) is 34.9 Å². The van der Waals surface area contributed by atoms with E-state index < -0.39 is 30.0 Å². The zero-order chi connectivity index (χ0) is 24.5. The molecular weight excluding hydrogens is 457 g/mol. The Morgan fingerprint density at radius 1 is 1.27 bits per heavy atom. The molecule has 0 aliphatic carbocycles. The Morgan fingerprint density at radius 3 is 2.64 bits per heavy atom. The largest absolute Gasteiger partial charge is 0.488 e. The molecule has 0 saturated carbocycles. The lowest BCUT2D eigenvalue weighted by Crippen LogP contribution is -2.27. The quantitative estimate of drug-likeness (QED) is 0.557. The van der Waals surface area contributed by atoms with Crippen LogP contribution in [0.4, 0.5) is 13.2 Å². The maximum atomic E-state index is 13.0. The zero-order valence-corrected chi connectivity index (χ0v) is 18.6. The van der Waals surface area contributed by atoms with E-state index in [1.165, 1.54) is 17.4 Å². The van der Waals surface area contributed by atoms with E-state index in [2.05, 4.69) is 20.3 Å². The van der Waals surface area contributed by atoms with Crippen molar-refractivity contribution in [3.63, 3.8) is 0 Å². The molecule has 3 aromatic rings. The van der Waals surface area contributed by atoms with Crippen molar-refractivity contribution in [1.82, 2.24) is 20.3 Å². The molecule has 7 nitrogen and oxygen atoms in total. The average Bonchev–Trinajstić information content (AvgIpc) is 3.41. The van der Waals surface area contributed by atoms with E-state index >= 15 is 0 Å². The van der Waals surface area contributed by atoms with Gasteiger partial charge in [0, 0.05) is 46.6 Å². The van der Waals surface area contributed by atoms with Crippen LogP contribution in [0, 0.1) is 6.92 Å². The summed E-state index contributed by atoms with van der Waals surface area (Å²) in [6, 6.07) is 4.23. The van der Waals surface area contributed by atoms with Crippen molar-refractivity contribution in [2.24, 2.45) is 0 Å². The summed E-state index contributed by atoms with van der Waals surface area (Å²) >= 11 is 1.45. The molecule has 3 heterocycles. The van der Waals surface area contributed by atoms with Crippen molar-refractivity contribution in [2.75, 3.05) is 13.2 Å². The van der Waals surface area contributed by atoms with Gasteiger partial charge < -0.3 is 14.8 Å². The molecule has 4 rings (SSSR count). The van der Waals surface area contributed by atoms with Crippen LogP contribution in [0.1, 0.15) is 47.4 Å². The van der Waals surface area contributed by atoms with E-state index in [0.717, 1.165) is 17.3 Å². The third-order valence-corrected chi connectivity index (χ3v) is 5.82. The second-order valence-electron chi connectivity index (χ2n) is 7.50. The maximum absolute atomic E-state index is 13.0. The number of ether oxygens (including phenoxy) is 2. The van der Waals surface area contributed by atoms with Crippen molar-refractivity contribution in [3.05, 3.63) is 58.6 Å². The fraction of sp³-hybridized carbons (Fsp3) is 0.364. The summed E-state index contributed by atoms with van der Waals surface area (Å²) in [5.41, 5.74) is 1.22. The van der Waals surface area contributed by atoms with Gasteiger partial charge in [-0.05, 0) is 32.0 Å². The van der Waals surface area contributed by atoms with Crippen LogP contribution in [0.15, 0.2) is 36.8 Å². The highest BCUT2D eigenvalue weighted by molar-refractivity contribution is 7.14. The van der Waals surface area contributed by atoms with Gasteiger partial charge in [-0.25, -0.2) is 15.0 Å². The van der Waals surface area contributed by atoms with E-state index in [1.807, 2.05) is 6.92 Å². The molecule has 1 aliphatic heterocycles. The van der Waals surface area contributed by atoms with Crippen LogP contribution in [0.25, 0.3) is 10.6 Å². The van der Waals surface area contributed by atoms with E-state index in [1.54, 1.807) is 25.3 Å². The topological polar surface area (TPSA) is 86.2 Å². The summed E-state index contributed by atoms with van der Waals surface area (Å²) < 4.78 is 57.7. The number of hydrogen-bond donors (Lipinski definition) is 1. The molecule has 1 saturated heterocycles. The van der Waals surface area contributed by atoms with Gasteiger partial charge in [0.25, 0.3) is 5.91 Å². The van der Waals surface area contributed by atoms with Gasteiger partial charge in [0.2, 0.25) is 5.82 Å². The lowest BCUT2D eigenvalue weighted by molar-refractivity contribution is -0.145. The summed E-state index contributed by atoms with van der Waals surface area (Å²) in [6.45, 7) is 4.05. The molecule has 1 aromatic carbocycles. The molecule has 2 atom stereocenters. The standard InChI is InChI=1S/C22H21F3N4O3S/c1-12-8-26-20(33-12)15-5-14(6-18(7-15)32-17-3-4-31-11-17)19(30)29-13(2)16-9-27-21(28-10-16)22(23,24)25/h5-10,13,17H,3-4,11H2,1-2H3,(H,29,30)/t13-,17?/m1/s1/i17D. The van der Waals surface area contributed by atoms with Gasteiger partial charge in [-0.3, -0.25) is 4.79 Å². The van der Waals surface area contributed by atoms with Crippen LogP contribution in [0.5, 0.6) is 5.75 Å². The number of thiazole rings is 1. The van der Waals surface area contributed by atoms with Crippen molar-refractivity contribution in [3.8, 4) is 16.3 Å². The van der Waals surface area contributed by atoms with E-state index in [4.69, 9.17) is 10.8 Å². The second-order valence-corrected chi connectivity index (χ2v) is 8.73. The number of benzene rings is 1. The van der Waals surface area contributed by atoms with Gasteiger partial charge in [-0.1, -0.05) is 0 Å². The first-order valence-corrected chi connectivity index (χ1v) is 10.9. The number of halogens is 3. The third kappa shape index (κ3) is 5.66. The number of hydrogen-bond acceptors (Lipinski definition) is 7. The van der Waals surface area contributed by atoms with Crippen LogP contribution < -0.4 is 10.1 Å². The smallest absolute Gasteiger partial charge is 0.451 e. The van der Waals surface area contributed by atoms with Gasteiger partial charge in [-0.15, -0.1) is 11.3 Å². The first-order chi connectivity index (χ1) is 16.0. The maximum Gasteiger partial charge on any atom is 0.451 e. The Balaban J connectivity index is 1.58. The minimum atomic E-state index is -4.64. The fourth-order valence-corrected chi connectivity index (χ4v) is 3.91. The zero-order valence-electron chi connectivity index (χ0n) is 18.8. The summed E-state index contributed by atoms with van der Waals surface area (Å²) in [5.74, 6) is -1.40. The average molecular weight is 480 g/mol. The Bertz CT molecular complexity index is 1180. The van der Waals surface area contributed by atoms with Gasteiger partial charge in [0.05, 0.1) is 20.6 Å². The van der Waals surface area contributed by atoms with Gasteiger partial charge in [0.1, 0.15) is 16.8 Å². The normalized spacial score (nSPS) is 19.7. The van der Waals surface area contributed by atoms with Crippen LogP contribution >= 0.6 is 11.3 Å². The number of aryl methyl sites for hydroxylation is 1. The first kappa shape index (κ1) is 21.8. The fourth-order valence-electron chi connectivity index (χ4n) is 3.16. The minimum absolute atomic E-state index is 0.111. The first-order valence-electron chi connectivity index (χ1n) is 10.6. The molecule has 1 aliphatic rings. The molecule has 11 heteroatoms. The summed E-state index contributed by atoms with van der Waals surface area (Å²) in [4.78, 5) is 25.1. The number of alkyl halides is 3. The Kier molecular flexibility index (Phi) is 6.23. The van der Waals surface area contributed by atoms with Crippen LogP contribution in [0.2, 0.25) is 0 Å². The van der Waals surface area contributed by atoms with Crippen molar-refractivity contribution >= 4 is 17.2 Å². The predicted octanol–water partition coefficient (Wildman–Crippen LogP) is 4.59. The molecular formula is C22H21F3N4O3S. The van der Waals surface area contributed by atoms with Crippen molar-refractivity contribution in [2.45, 2.75) is 38.6 Å². The molecule has 1 unspecified atom stereocenters. The molecule has 33 heavy (non-hydrogen) atoms. The number of carbonyl (C=O) groups is 1. The molecule has 0 radical (unpaired) electrons. The Morgan fingerprint density at radius 2 is 2.03 bits per heavy atom. The van der Waals surface area contributed by atoms with Crippen molar-refractivity contribution < 1.29 is 28.8 Å². The van der Waals surface area contributed by atoms with Crippen LogP contribution in [-0.2, 0) is 10.9 Å². The molecule has 0 spiro atoms. The Hall–Kier alpha value is -3.05. The number of nitrogens with zero attached hydrogens (tertiary/aromatic N) is 3.